The molecule has 1 spiro atoms. The number of benzene rings is 1. The highest BCUT2D eigenvalue weighted by molar-refractivity contribution is 7.86. The van der Waals surface area contributed by atoms with E-state index >= 15 is 0 Å². The molecular formula is C24H30N2O7S. The third-order valence-electron chi connectivity index (χ3n) is 7.89. The van der Waals surface area contributed by atoms with Gasteiger partial charge >= 0.3 is 16.1 Å². The predicted molar refractivity (Wildman–Crippen MR) is 126 cm³/mol. The summed E-state index contributed by atoms with van der Waals surface area (Å²) in [5.41, 5.74) is 2.08. The summed E-state index contributed by atoms with van der Waals surface area (Å²) in [5, 5.41) is 3.50. The van der Waals surface area contributed by atoms with E-state index in [2.05, 4.69) is 29.3 Å². The number of ether oxygens (including phenoxy) is 3. The van der Waals surface area contributed by atoms with Crippen molar-refractivity contribution in [1.82, 2.24) is 4.90 Å². The van der Waals surface area contributed by atoms with E-state index in [0.717, 1.165) is 43.4 Å². The van der Waals surface area contributed by atoms with Crippen LogP contribution < -0.4 is 19.0 Å². The zero-order chi connectivity index (χ0) is 24.5. The second-order valence-electron chi connectivity index (χ2n) is 9.41. The summed E-state index contributed by atoms with van der Waals surface area (Å²) in [4.78, 5) is 15.5. The number of nitrogens with zero attached hydrogens (tertiary/aromatic N) is 1. The average molecular weight is 491 g/mol. The predicted octanol–water partition coefficient (Wildman–Crippen LogP) is 2.58. The van der Waals surface area contributed by atoms with Gasteiger partial charge in [0.05, 0.1) is 44.3 Å². The Kier molecular flexibility index (Phi) is 5.18. The fraction of sp³-hybridized carbons (Fsp3) is 0.542. The van der Waals surface area contributed by atoms with Crippen LogP contribution in [0.15, 0.2) is 29.5 Å². The van der Waals surface area contributed by atoms with Crippen molar-refractivity contribution in [2.24, 2.45) is 5.41 Å². The number of hydrogen-bond donors (Lipinski definition) is 1. The van der Waals surface area contributed by atoms with Gasteiger partial charge in [-0.05, 0) is 30.9 Å². The number of nitrogens with one attached hydrogen (secondary N) is 1. The molecule has 0 amide bonds. The van der Waals surface area contributed by atoms with Gasteiger partial charge in [-0.15, -0.1) is 0 Å². The number of carbonyl (C=O) groups excluding carboxylic acids is 1. The molecule has 0 radical (unpaired) electrons. The highest BCUT2D eigenvalue weighted by Crippen LogP contribution is 2.67. The quantitative estimate of drug-likeness (QED) is 0.366. The Hall–Kier alpha value is -2.72. The molecule has 0 bridgehead atoms. The molecule has 10 heteroatoms. The van der Waals surface area contributed by atoms with Crippen LogP contribution in [0.3, 0.4) is 0 Å². The van der Waals surface area contributed by atoms with Crippen molar-refractivity contribution >= 4 is 21.8 Å². The molecule has 34 heavy (non-hydrogen) atoms. The maximum absolute atomic E-state index is 13.1. The smallest absolute Gasteiger partial charge is 0.335 e. The van der Waals surface area contributed by atoms with E-state index in [1.807, 2.05) is 0 Å². The Labute approximate surface area is 199 Å². The largest absolute Gasteiger partial charge is 0.491 e. The lowest BCUT2D eigenvalue weighted by molar-refractivity contribution is -0.137. The summed E-state index contributed by atoms with van der Waals surface area (Å²) >= 11 is 0. The number of hydrogen-bond acceptors (Lipinski definition) is 9. The summed E-state index contributed by atoms with van der Waals surface area (Å²) in [6.45, 7) is 3.81. The minimum absolute atomic E-state index is 0.0649. The van der Waals surface area contributed by atoms with E-state index in [-0.39, 0.29) is 28.9 Å². The molecule has 1 aliphatic carbocycles. The van der Waals surface area contributed by atoms with Crippen LogP contribution >= 0.6 is 0 Å². The van der Waals surface area contributed by atoms with Crippen LogP contribution in [0.2, 0.25) is 0 Å². The van der Waals surface area contributed by atoms with Gasteiger partial charge in [-0.1, -0.05) is 19.1 Å². The van der Waals surface area contributed by atoms with Crippen LogP contribution in [-0.4, -0.2) is 66.0 Å². The molecule has 1 aromatic carbocycles. The van der Waals surface area contributed by atoms with Gasteiger partial charge in [0.1, 0.15) is 0 Å². The summed E-state index contributed by atoms with van der Waals surface area (Å²) in [6, 6.07) is 1.82. The lowest BCUT2D eigenvalue weighted by Gasteiger charge is -2.53. The monoisotopic (exact) mass is 490 g/mol. The van der Waals surface area contributed by atoms with Gasteiger partial charge in [-0.25, -0.2) is 4.79 Å². The Morgan fingerprint density at radius 1 is 1.24 bits per heavy atom. The Morgan fingerprint density at radius 3 is 2.59 bits per heavy atom. The molecule has 3 atom stereocenters. The van der Waals surface area contributed by atoms with Crippen molar-refractivity contribution in [3.05, 3.63) is 35.1 Å². The van der Waals surface area contributed by atoms with Crippen molar-refractivity contribution < 1.29 is 31.6 Å². The molecule has 5 rings (SSSR count). The highest BCUT2D eigenvalue weighted by Gasteiger charge is 2.66. The molecule has 3 heterocycles. The summed E-state index contributed by atoms with van der Waals surface area (Å²) in [7, 11) is 0.503. The first-order valence-electron chi connectivity index (χ1n) is 11.4. The molecule has 1 N–H and O–H groups in total. The average Bonchev–Trinajstić information content (AvgIpc) is 3.36. The molecule has 0 saturated carbocycles. The van der Waals surface area contributed by atoms with Crippen LogP contribution in [0.4, 0.5) is 5.69 Å². The van der Waals surface area contributed by atoms with E-state index in [1.165, 1.54) is 21.3 Å². The van der Waals surface area contributed by atoms with Gasteiger partial charge in [-0.3, -0.25) is 4.90 Å². The van der Waals surface area contributed by atoms with Gasteiger partial charge in [-0.2, -0.15) is 8.42 Å². The van der Waals surface area contributed by atoms with E-state index in [1.54, 1.807) is 6.07 Å². The van der Waals surface area contributed by atoms with Crippen molar-refractivity contribution in [1.29, 1.82) is 0 Å². The SMILES string of the molecule is CC[C@]12C=CCN3CC[C@]4(C(=C(C(=O)OC)C1)Nc1c4cc(OS(C)(=O)=O)c(OC)c1OC)[C@@H]32. The molecule has 4 aliphatic rings. The molecule has 0 unspecified atom stereocenters. The van der Waals surface area contributed by atoms with Crippen LogP contribution in [0.1, 0.15) is 31.7 Å². The zero-order valence-corrected chi connectivity index (χ0v) is 20.9. The van der Waals surface area contributed by atoms with Crippen LogP contribution in [0.5, 0.6) is 17.2 Å². The molecule has 1 fully saturated rings. The molecule has 3 aliphatic heterocycles. The summed E-state index contributed by atoms with van der Waals surface area (Å²) in [5.74, 6) is 0.215. The number of esters is 1. The topological polar surface area (TPSA) is 103 Å². The minimum Gasteiger partial charge on any atom is -0.491 e. The van der Waals surface area contributed by atoms with Crippen LogP contribution in [0, 0.1) is 5.41 Å². The Bertz CT molecular complexity index is 1240. The first kappa shape index (κ1) is 23.0. The summed E-state index contributed by atoms with van der Waals surface area (Å²) in [6.07, 6.45) is 7.59. The third kappa shape index (κ3) is 2.94. The second kappa shape index (κ2) is 7.64. The van der Waals surface area contributed by atoms with Crippen LogP contribution in [-0.2, 0) is 25.1 Å². The highest BCUT2D eigenvalue weighted by atomic mass is 32.2. The third-order valence-corrected chi connectivity index (χ3v) is 8.37. The number of carbonyl (C=O) groups is 1. The number of fused-ring (bicyclic) bond motifs is 1. The van der Waals surface area contributed by atoms with Gasteiger partial charge in [0, 0.05) is 30.2 Å². The van der Waals surface area contributed by atoms with Crippen molar-refractivity contribution in [3.8, 4) is 17.2 Å². The number of rotatable bonds is 6. The molecule has 184 valence electrons. The maximum atomic E-state index is 13.1. The molecule has 1 aromatic rings. The lowest BCUT2D eigenvalue weighted by atomic mass is 9.55. The molecule has 0 aromatic heterocycles. The van der Waals surface area contributed by atoms with Crippen molar-refractivity contribution in [2.45, 2.75) is 37.6 Å². The van der Waals surface area contributed by atoms with E-state index in [0.29, 0.717) is 23.4 Å². The zero-order valence-electron chi connectivity index (χ0n) is 20.1. The van der Waals surface area contributed by atoms with E-state index < -0.39 is 15.5 Å². The van der Waals surface area contributed by atoms with E-state index in [9.17, 15) is 13.2 Å². The Morgan fingerprint density at radius 2 is 1.97 bits per heavy atom. The first-order chi connectivity index (χ1) is 16.2. The molecular weight excluding hydrogens is 460 g/mol. The fourth-order valence-corrected chi connectivity index (χ4v) is 7.18. The van der Waals surface area contributed by atoms with Crippen LogP contribution in [0.25, 0.3) is 0 Å². The van der Waals surface area contributed by atoms with E-state index in [4.69, 9.17) is 18.4 Å². The fourth-order valence-electron chi connectivity index (χ4n) is 6.73. The standard InChI is InChI=1S/C24H30N2O7S/c1-6-23-8-7-10-26-11-9-24(22(23)26)15-12-16(33-34(5,28)29)18(30-2)19(31-3)17(15)25-20(24)14(13-23)21(27)32-4/h7-8,12,22,25H,6,9-11,13H2,1-5H3/t22-,23-,24-/m0/s1. The first-order valence-corrected chi connectivity index (χ1v) is 13.2. The van der Waals surface area contributed by atoms with Gasteiger partial charge in [0.25, 0.3) is 0 Å². The van der Waals surface area contributed by atoms with Crippen molar-refractivity contribution in [2.75, 3.05) is 46.0 Å². The van der Waals surface area contributed by atoms with Gasteiger partial charge in [0.2, 0.25) is 5.75 Å². The molecule has 1 saturated heterocycles. The Balaban J connectivity index is 1.86. The normalized spacial score (nSPS) is 29.1. The summed E-state index contributed by atoms with van der Waals surface area (Å²) < 4.78 is 46.0. The second-order valence-corrected chi connectivity index (χ2v) is 11.0. The molecule has 9 nitrogen and oxygen atoms in total. The van der Waals surface area contributed by atoms with Gasteiger partial charge < -0.3 is 23.7 Å². The maximum Gasteiger partial charge on any atom is 0.335 e. The minimum atomic E-state index is -3.83. The van der Waals surface area contributed by atoms with Crippen molar-refractivity contribution in [3.63, 3.8) is 0 Å². The number of methoxy groups -OCH3 is 3. The lowest BCUT2D eigenvalue weighted by Crippen LogP contribution is -2.58. The number of anilines is 1. The van der Waals surface area contributed by atoms with Gasteiger partial charge in [0.15, 0.2) is 11.5 Å².